The monoisotopic (exact) mass is 271 g/mol. The topological polar surface area (TPSA) is 49.1 Å². The maximum absolute atomic E-state index is 12.3. The molecule has 2 aromatic rings. The Hall–Kier alpha value is -2.04. The van der Waals surface area contributed by atoms with E-state index in [1.807, 2.05) is 24.3 Å². The van der Waals surface area contributed by atoms with Crippen molar-refractivity contribution in [2.24, 2.45) is 0 Å². The second-order valence-corrected chi connectivity index (χ2v) is 5.61. The summed E-state index contributed by atoms with van der Waals surface area (Å²) in [6.45, 7) is 0. The molecular weight excluding hydrogens is 254 g/mol. The highest BCUT2D eigenvalue weighted by molar-refractivity contribution is 5.37. The minimum atomic E-state index is -0.163. The zero-order chi connectivity index (χ0) is 13.7. The van der Waals surface area contributed by atoms with Gasteiger partial charge in [0.1, 0.15) is 11.6 Å². The molecule has 0 amide bonds. The molecule has 5 heteroatoms. The summed E-state index contributed by atoms with van der Waals surface area (Å²) in [5.74, 6) is 2.26. The van der Waals surface area contributed by atoms with E-state index < -0.39 is 0 Å². The predicted molar refractivity (Wildman–Crippen MR) is 74.6 cm³/mol. The third kappa shape index (κ3) is 1.85. The van der Waals surface area contributed by atoms with E-state index in [1.54, 1.807) is 11.8 Å². The Labute approximate surface area is 116 Å². The lowest BCUT2D eigenvalue weighted by Gasteiger charge is -2.12. The molecule has 0 radical (unpaired) electrons. The van der Waals surface area contributed by atoms with Crippen molar-refractivity contribution >= 4 is 0 Å². The van der Waals surface area contributed by atoms with Crippen molar-refractivity contribution in [3.05, 3.63) is 40.6 Å². The van der Waals surface area contributed by atoms with E-state index in [2.05, 4.69) is 9.67 Å². The number of rotatable bonds is 4. The first-order chi connectivity index (χ1) is 9.78. The number of nitrogens with zero attached hydrogens (tertiary/aromatic N) is 3. The summed E-state index contributed by atoms with van der Waals surface area (Å²) in [4.78, 5) is 16.6. The van der Waals surface area contributed by atoms with Crippen molar-refractivity contribution in [1.82, 2.24) is 14.3 Å². The van der Waals surface area contributed by atoms with Gasteiger partial charge in [0.15, 0.2) is 0 Å². The van der Waals surface area contributed by atoms with Crippen LogP contribution in [0.4, 0.5) is 0 Å². The highest BCUT2D eigenvalue weighted by Gasteiger charge is 2.36. The summed E-state index contributed by atoms with van der Waals surface area (Å²) in [6, 6.07) is 8.03. The maximum Gasteiger partial charge on any atom is 0.368 e. The Morgan fingerprint density at radius 1 is 1.15 bits per heavy atom. The fourth-order valence-electron chi connectivity index (χ4n) is 2.64. The molecule has 4 rings (SSSR count). The van der Waals surface area contributed by atoms with Gasteiger partial charge in [-0.2, -0.15) is 9.67 Å². The third-order valence-electron chi connectivity index (χ3n) is 3.99. The minimum Gasteiger partial charge on any atom is -0.497 e. The normalized spacial score (nSPS) is 18.2. The van der Waals surface area contributed by atoms with Crippen molar-refractivity contribution in [3.63, 3.8) is 0 Å². The van der Waals surface area contributed by atoms with Gasteiger partial charge in [-0.15, -0.1) is 0 Å². The van der Waals surface area contributed by atoms with E-state index in [4.69, 9.17) is 4.74 Å². The molecule has 0 saturated heterocycles. The summed E-state index contributed by atoms with van der Waals surface area (Å²) < 4.78 is 9.02. The molecular formula is C15H17N3O2. The highest BCUT2D eigenvalue weighted by atomic mass is 16.5. The zero-order valence-corrected chi connectivity index (χ0v) is 11.5. The van der Waals surface area contributed by atoms with Crippen LogP contribution in [0.15, 0.2) is 29.1 Å². The number of aromatic nitrogens is 3. The van der Waals surface area contributed by atoms with Gasteiger partial charge in [-0.1, -0.05) is 0 Å². The molecule has 0 unspecified atom stereocenters. The van der Waals surface area contributed by atoms with Gasteiger partial charge >= 0.3 is 5.69 Å². The molecule has 104 valence electrons. The molecule has 2 fully saturated rings. The van der Waals surface area contributed by atoms with E-state index in [0.29, 0.717) is 12.0 Å². The fourth-order valence-corrected chi connectivity index (χ4v) is 2.64. The van der Waals surface area contributed by atoms with Crippen LogP contribution >= 0.6 is 0 Å². The molecule has 2 aliphatic carbocycles. The third-order valence-corrected chi connectivity index (χ3v) is 3.99. The van der Waals surface area contributed by atoms with Crippen LogP contribution in [0.2, 0.25) is 0 Å². The molecule has 1 aromatic heterocycles. The van der Waals surface area contributed by atoms with Crippen LogP contribution in [0.5, 0.6) is 5.75 Å². The molecule has 2 aliphatic rings. The average Bonchev–Trinajstić information content (AvgIpc) is 3.37. The Kier molecular flexibility index (Phi) is 2.49. The van der Waals surface area contributed by atoms with E-state index in [1.165, 1.54) is 0 Å². The lowest BCUT2D eigenvalue weighted by atomic mass is 10.3. The largest absolute Gasteiger partial charge is 0.497 e. The second kappa shape index (κ2) is 4.23. The molecule has 20 heavy (non-hydrogen) atoms. The quantitative estimate of drug-likeness (QED) is 0.857. The van der Waals surface area contributed by atoms with E-state index in [0.717, 1.165) is 42.9 Å². The van der Waals surface area contributed by atoms with Crippen LogP contribution in [0.3, 0.4) is 0 Å². The van der Waals surface area contributed by atoms with Gasteiger partial charge < -0.3 is 4.74 Å². The summed E-state index contributed by atoms with van der Waals surface area (Å²) >= 11 is 0. The lowest BCUT2D eigenvalue weighted by Crippen LogP contribution is -2.21. The van der Waals surface area contributed by atoms with Gasteiger partial charge in [0.25, 0.3) is 0 Å². The average molecular weight is 271 g/mol. The van der Waals surface area contributed by atoms with Crippen LogP contribution in [0.1, 0.15) is 43.5 Å². The van der Waals surface area contributed by atoms with Gasteiger partial charge in [0, 0.05) is 5.92 Å². The number of benzene rings is 1. The van der Waals surface area contributed by atoms with Crippen LogP contribution < -0.4 is 10.4 Å². The van der Waals surface area contributed by atoms with Crippen LogP contribution in [0.25, 0.3) is 5.69 Å². The SMILES string of the molecule is COc1ccc(-n2c(=O)nc(C3CC3)n2C2CC2)cc1. The van der Waals surface area contributed by atoms with E-state index >= 15 is 0 Å². The Balaban J connectivity index is 1.85. The summed E-state index contributed by atoms with van der Waals surface area (Å²) in [6.07, 6.45) is 4.61. The first-order valence-corrected chi connectivity index (χ1v) is 7.14. The molecule has 0 aliphatic heterocycles. The molecule has 0 atom stereocenters. The Bertz CT molecular complexity index is 691. The molecule has 0 bridgehead atoms. The van der Waals surface area contributed by atoms with Crippen molar-refractivity contribution in [3.8, 4) is 11.4 Å². The number of ether oxygens (including phenoxy) is 1. The van der Waals surface area contributed by atoms with Gasteiger partial charge in [-0.3, -0.25) is 4.68 Å². The first kappa shape index (κ1) is 11.8. The fraction of sp³-hybridized carbons (Fsp3) is 0.467. The first-order valence-electron chi connectivity index (χ1n) is 7.14. The Morgan fingerprint density at radius 3 is 2.40 bits per heavy atom. The maximum atomic E-state index is 12.3. The molecule has 1 heterocycles. The lowest BCUT2D eigenvalue weighted by molar-refractivity contribution is 0.414. The van der Waals surface area contributed by atoms with Crippen LogP contribution in [-0.4, -0.2) is 21.5 Å². The van der Waals surface area contributed by atoms with Crippen molar-refractivity contribution < 1.29 is 4.74 Å². The van der Waals surface area contributed by atoms with Gasteiger partial charge in [0.05, 0.1) is 18.8 Å². The minimum absolute atomic E-state index is 0.163. The number of hydrogen-bond acceptors (Lipinski definition) is 3. The summed E-state index contributed by atoms with van der Waals surface area (Å²) in [5.41, 5.74) is 0.700. The number of methoxy groups -OCH3 is 1. The number of hydrogen-bond donors (Lipinski definition) is 0. The van der Waals surface area contributed by atoms with Gasteiger partial charge in [-0.25, -0.2) is 4.79 Å². The summed E-state index contributed by atoms with van der Waals surface area (Å²) in [5, 5.41) is 0. The predicted octanol–water partition coefficient (Wildman–Crippen LogP) is 2.25. The van der Waals surface area contributed by atoms with Gasteiger partial charge in [-0.05, 0) is 49.9 Å². The van der Waals surface area contributed by atoms with Crippen molar-refractivity contribution in [2.75, 3.05) is 7.11 Å². The molecule has 2 saturated carbocycles. The smallest absolute Gasteiger partial charge is 0.368 e. The van der Waals surface area contributed by atoms with Crippen LogP contribution in [-0.2, 0) is 0 Å². The van der Waals surface area contributed by atoms with Crippen molar-refractivity contribution in [2.45, 2.75) is 37.6 Å². The second-order valence-electron chi connectivity index (χ2n) is 5.61. The molecule has 1 aromatic carbocycles. The van der Waals surface area contributed by atoms with E-state index in [9.17, 15) is 4.79 Å². The van der Waals surface area contributed by atoms with E-state index in [-0.39, 0.29) is 5.69 Å². The molecule has 0 N–H and O–H groups in total. The summed E-state index contributed by atoms with van der Waals surface area (Å²) in [7, 11) is 1.64. The Morgan fingerprint density at radius 2 is 1.85 bits per heavy atom. The molecule has 0 spiro atoms. The van der Waals surface area contributed by atoms with Crippen molar-refractivity contribution in [1.29, 1.82) is 0 Å². The standard InChI is InChI=1S/C15H17N3O2/c1-20-13-8-6-12(7-9-13)18-15(19)16-14(10-2-3-10)17(18)11-4-5-11/h6-11H,2-5H2,1H3. The highest BCUT2D eigenvalue weighted by Crippen LogP contribution is 2.44. The zero-order valence-electron chi connectivity index (χ0n) is 11.5. The molecule has 5 nitrogen and oxygen atoms in total. The van der Waals surface area contributed by atoms with Gasteiger partial charge in [0.2, 0.25) is 0 Å². The van der Waals surface area contributed by atoms with Crippen LogP contribution in [0, 0.1) is 0 Å².